The Labute approximate surface area is 228 Å². The monoisotopic (exact) mass is 552 g/mol. The minimum atomic E-state index is -4.24. The Hall–Kier alpha value is -4.25. The highest BCUT2D eigenvalue weighted by molar-refractivity contribution is 7.92. The van der Waals surface area contributed by atoms with Crippen molar-refractivity contribution in [3.8, 4) is 0 Å². The van der Waals surface area contributed by atoms with E-state index in [-0.39, 0.29) is 34.6 Å². The van der Waals surface area contributed by atoms with Crippen LogP contribution in [0.2, 0.25) is 0 Å². The van der Waals surface area contributed by atoms with Gasteiger partial charge in [0, 0.05) is 25.2 Å². The number of sulfonamides is 1. The highest BCUT2D eigenvalue weighted by Crippen LogP contribution is 2.26. The number of nitrogens with zero attached hydrogens (tertiary/aromatic N) is 3. The van der Waals surface area contributed by atoms with Gasteiger partial charge in [0.1, 0.15) is 12.6 Å². The van der Waals surface area contributed by atoms with Gasteiger partial charge in [-0.25, -0.2) is 8.42 Å². The van der Waals surface area contributed by atoms with Crippen molar-refractivity contribution in [2.45, 2.75) is 38.3 Å². The standard InChI is InChI=1S/C28H32N4O6S/c1-21(2)18-29-28(34)22(3)30(19-23-10-6-4-7-11-23)27(33)20-31(24-14-16-25(17-15-24)32(35)36)39(37,38)26-12-8-5-9-13-26/h4-17,21-22H,18-20H2,1-3H3,(H,29,34)/t22-/m0/s1. The van der Waals surface area contributed by atoms with Crippen LogP contribution in [0.1, 0.15) is 26.3 Å². The van der Waals surface area contributed by atoms with Crippen molar-refractivity contribution in [3.05, 3.63) is 101 Å². The summed E-state index contributed by atoms with van der Waals surface area (Å²) in [5.74, 6) is -0.766. The molecule has 3 aromatic rings. The van der Waals surface area contributed by atoms with E-state index in [4.69, 9.17) is 0 Å². The number of amides is 2. The maximum Gasteiger partial charge on any atom is 0.269 e. The van der Waals surface area contributed by atoms with Crippen LogP contribution in [0, 0.1) is 16.0 Å². The number of nitrogens with one attached hydrogen (secondary N) is 1. The summed E-state index contributed by atoms with van der Waals surface area (Å²) in [6.45, 7) is 5.38. The molecule has 0 heterocycles. The summed E-state index contributed by atoms with van der Waals surface area (Å²) in [6.07, 6.45) is 0. The number of anilines is 1. The molecule has 3 rings (SSSR count). The summed E-state index contributed by atoms with van der Waals surface area (Å²) in [7, 11) is -4.24. The largest absolute Gasteiger partial charge is 0.354 e. The van der Waals surface area contributed by atoms with Gasteiger partial charge in [0.05, 0.1) is 15.5 Å². The smallest absolute Gasteiger partial charge is 0.269 e. The summed E-state index contributed by atoms with van der Waals surface area (Å²) in [5.41, 5.74) is 0.625. The van der Waals surface area contributed by atoms with Crippen LogP contribution in [-0.2, 0) is 26.2 Å². The van der Waals surface area contributed by atoms with Gasteiger partial charge in [-0.15, -0.1) is 0 Å². The van der Waals surface area contributed by atoms with Gasteiger partial charge in [0.2, 0.25) is 11.8 Å². The first-order valence-electron chi connectivity index (χ1n) is 12.4. The van der Waals surface area contributed by atoms with Gasteiger partial charge in [0.15, 0.2) is 0 Å². The van der Waals surface area contributed by atoms with Gasteiger partial charge in [0.25, 0.3) is 15.7 Å². The normalized spacial score (nSPS) is 12.0. The molecule has 0 unspecified atom stereocenters. The molecule has 0 saturated carbocycles. The van der Waals surface area contributed by atoms with E-state index in [9.17, 15) is 28.1 Å². The molecule has 0 spiro atoms. The molecule has 0 radical (unpaired) electrons. The van der Waals surface area contributed by atoms with Crippen molar-refractivity contribution in [1.29, 1.82) is 0 Å². The summed E-state index contributed by atoms with van der Waals surface area (Å²) in [4.78, 5) is 38.6. The Morgan fingerprint density at radius 1 is 0.897 bits per heavy atom. The molecule has 0 saturated heterocycles. The fraction of sp³-hybridized carbons (Fsp3) is 0.286. The molecule has 2 amide bonds. The molecular weight excluding hydrogens is 520 g/mol. The Morgan fingerprint density at radius 3 is 2.00 bits per heavy atom. The van der Waals surface area contributed by atoms with Gasteiger partial charge >= 0.3 is 0 Å². The molecule has 1 N–H and O–H groups in total. The van der Waals surface area contributed by atoms with Gasteiger partial charge < -0.3 is 10.2 Å². The predicted molar refractivity (Wildman–Crippen MR) is 148 cm³/mol. The number of benzene rings is 3. The lowest BCUT2D eigenvalue weighted by atomic mass is 10.1. The predicted octanol–water partition coefficient (Wildman–Crippen LogP) is 3.98. The second-order valence-corrected chi connectivity index (χ2v) is 11.3. The number of carbonyl (C=O) groups is 2. The summed E-state index contributed by atoms with van der Waals surface area (Å²) >= 11 is 0. The third kappa shape index (κ3) is 7.64. The lowest BCUT2D eigenvalue weighted by Crippen LogP contribution is -2.51. The number of nitro groups is 1. The highest BCUT2D eigenvalue weighted by Gasteiger charge is 2.32. The average molecular weight is 553 g/mol. The number of non-ortho nitro benzene ring substituents is 1. The van der Waals surface area contributed by atoms with Crippen molar-refractivity contribution in [2.75, 3.05) is 17.4 Å². The minimum absolute atomic E-state index is 0.0477. The van der Waals surface area contributed by atoms with Crippen molar-refractivity contribution in [3.63, 3.8) is 0 Å². The lowest BCUT2D eigenvalue weighted by Gasteiger charge is -2.32. The van der Waals surface area contributed by atoms with Crippen LogP contribution < -0.4 is 9.62 Å². The van der Waals surface area contributed by atoms with Gasteiger partial charge in [-0.2, -0.15) is 0 Å². The van der Waals surface area contributed by atoms with E-state index in [1.165, 1.54) is 41.3 Å². The fourth-order valence-corrected chi connectivity index (χ4v) is 5.24. The molecule has 3 aromatic carbocycles. The number of hydrogen-bond acceptors (Lipinski definition) is 6. The molecule has 39 heavy (non-hydrogen) atoms. The SMILES string of the molecule is CC(C)CNC(=O)[C@H](C)N(Cc1ccccc1)C(=O)CN(c1ccc([N+](=O)[O-])cc1)S(=O)(=O)c1ccccc1. The van der Waals surface area contributed by atoms with Gasteiger partial charge in [-0.3, -0.25) is 24.0 Å². The second-order valence-electron chi connectivity index (χ2n) is 9.42. The van der Waals surface area contributed by atoms with E-state index in [2.05, 4.69) is 5.32 Å². The zero-order valence-electron chi connectivity index (χ0n) is 22.1. The summed E-state index contributed by atoms with van der Waals surface area (Å²) in [5, 5.41) is 14.0. The van der Waals surface area contributed by atoms with E-state index in [1.807, 2.05) is 44.2 Å². The van der Waals surface area contributed by atoms with E-state index in [1.54, 1.807) is 25.1 Å². The van der Waals surface area contributed by atoms with E-state index in [0.29, 0.717) is 6.54 Å². The van der Waals surface area contributed by atoms with Crippen molar-refractivity contribution < 1.29 is 22.9 Å². The molecule has 11 heteroatoms. The van der Waals surface area contributed by atoms with E-state index >= 15 is 0 Å². The molecule has 0 bridgehead atoms. The molecule has 10 nitrogen and oxygen atoms in total. The van der Waals surface area contributed by atoms with Crippen molar-refractivity contribution in [2.24, 2.45) is 5.92 Å². The van der Waals surface area contributed by atoms with Crippen LogP contribution in [0.3, 0.4) is 0 Å². The first-order valence-corrected chi connectivity index (χ1v) is 13.9. The maximum absolute atomic E-state index is 13.8. The topological polar surface area (TPSA) is 130 Å². The van der Waals surface area contributed by atoms with Crippen LogP contribution in [0.15, 0.2) is 89.8 Å². The minimum Gasteiger partial charge on any atom is -0.354 e. The number of carbonyl (C=O) groups excluding carboxylic acids is 2. The highest BCUT2D eigenvalue weighted by atomic mass is 32.2. The summed E-state index contributed by atoms with van der Waals surface area (Å²) < 4.78 is 28.3. The molecule has 0 aromatic heterocycles. The Kier molecular flexibility index (Phi) is 9.78. The van der Waals surface area contributed by atoms with E-state index < -0.39 is 33.4 Å². The molecule has 0 aliphatic rings. The third-order valence-corrected chi connectivity index (χ3v) is 7.79. The quantitative estimate of drug-likeness (QED) is 0.267. The average Bonchev–Trinajstić information content (AvgIpc) is 2.93. The van der Waals surface area contributed by atoms with Gasteiger partial charge in [-0.1, -0.05) is 62.4 Å². The first-order chi connectivity index (χ1) is 18.5. The zero-order valence-corrected chi connectivity index (χ0v) is 22.9. The van der Waals surface area contributed by atoms with Gasteiger partial charge in [-0.05, 0) is 42.7 Å². The number of nitro benzene ring substituents is 1. The first kappa shape index (κ1) is 29.3. The van der Waals surface area contributed by atoms with Crippen LogP contribution in [-0.4, -0.2) is 49.2 Å². The zero-order chi connectivity index (χ0) is 28.6. The molecule has 0 aliphatic carbocycles. The Morgan fingerprint density at radius 2 is 1.46 bits per heavy atom. The van der Waals surface area contributed by atoms with Crippen molar-refractivity contribution >= 4 is 33.2 Å². The van der Waals surface area contributed by atoms with Crippen LogP contribution >= 0.6 is 0 Å². The fourth-order valence-electron chi connectivity index (χ4n) is 3.80. The lowest BCUT2D eigenvalue weighted by molar-refractivity contribution is -0.384. The van der Waals surface area contributed by atoms with Crippen LogP contribution in [0.4, 0.5) is 11.4 Å². The molecule has 0 aliphatic heterocycles. The Bertz CT molecular complexity index is 1380. The Balaban J connectivity index is 2.00. The van der Waals surface area contributed by atoms with Crippen LogP contribution in [0.25, 0.3) is 0 Å². The molecular formula is C28H32N4O6S. The third-order valence-electron chi connectivity index (χ3n) is 6.01. The molecule has 0 fully saturated rings. The maximum atomic E-state index is 13.8. The molecule has 206 valence electrons. The van der Waals surface area contributed by atoms with E-state index in [0.717, 1.165) is 9.87 Å². The number of hydrogen-bond donors (Lipinski definition) is 1. The van der Waals surface area contributed by atoms with Crippen molar-refractivity contribution in [1.82, 2.24) is 10.2 Å². The number of rotatable bonds is 12. The summed E-state index contributed by atoms with van der Waals surface area (Å²) in [6, 6.07) is 20.7. The molecule has 1 atom stereocenters. The second kappa shape index (κ2) is 13.0. The van der Waals surface area contributed by atoms with Crippen LogP contribution in [0.5, 0.6) is 0 Å².